The summed E-state index contributed by atoms with van der Waals surface area (Å²) in [7, 11) is -4.20. The van der Waals surface area contributed by atoms with E-state index in [-0.39, 0.29) is 23.4 Å². The van der Waals surface area contributed by atoms with Crippen molar-refractivity contribution >= 4 is 62.3 Å². The van der Waals surface area contributed by atoms with Crippen molar-refractivity contribution in [2.45, 2.75) is 70.0 Å². The molecule has 0 bridgehead atoms. The largest absolute Gasteiger partial charge is 0.352 e. The fraction of sp³-hybridized carbons (Fsp3) is 0.355. The summed E-state index contributed by atoms with van der Waals surface area (Å²) >= 11 is 19.1. The van der Waals surface area contributed by atoms with Gasteiger partial charge in [-0.1, -0.05) is 71.4 Å². The van der Waals surface area contributed by atoms with Crippen LogP contribution in [-0.2, 0) is 26.2 Å². The van der Waals surface area contributed by atoms with E-state index in [0.717, 1.165) is 35.6 Å². The standard InChI is InChI=1S/C31H34Cl3N3O4S/c1-20-11-14-25(15-12-20)42(40,41)37(29-16-13-23(32)17-21(29)2)19-30(38)36(18-26-27(33)9-6-10-28(26)34)22(3)31(39)35-24-7-4-5-8-24/h6,9-17,22,24H,4-5,7-8,18-19H2,1-3H3,(H,35,39)/t22-/m1/s1. The number of carbonyl (C=O) groups is 2. The van der Waals surface area contributed by atoms with Crippen LogP contribution >= 0.6 is 34.8 Å². The Morgan fingerprint density at radius 1 is 0.952 bits per heavy atom. The van der Waals surface area contributed by atoms with Gasteiger partial charge in [0.2, 0.25) is 11.8 Å². The van der Waals surface area contributed by atoms with Gasteiger partial charge in [-0.2, -0.15) is 0 Å². The summed E-state index contributed by atoms with van der Waals surface area (Å²) in [6.45, 7) is 4.55. The van der Waals surface area contributed by atoms with Crippen LogP contribution in [0.5, 0.6) is 0 Å². The predicted molar refractivity (Wildman–Crippen MR) is 169 cm³/mol. The Balaban J connectivity index is 1.74. The summed E-state index contributed by atoms with van der Waals surface area (Å²) in [5, 5.41) is 4.15. The third kappa shape index (κ3) is 7.40. The number of anilines is 1. The van der Waals surface area contributed by atoms with Crippen LogP contribution in [0.2, 0.25) is 15.1 Å². The molecule has 224 valence electrons. The van der Waals surface area contributed by atoms with E-state index in [4.69, 9.17) is 34.8 Å². The normalized spacial score (nSPS) is 14.4. The molecule has 1 N–H and O–H groups in total. The SMILES string of the molecule is Cc1ccc(S(=O)(=O)N(CC(=O)N(Cc2c(Cl)cccc2Cl)[C@H](C)C(=O)NC2CCCC2)c2ccc(Cl)cc2C)cc1. The molecule has 1 fully saturated rings. The van der Waals surface area contributed by atoms with Crippen molar-refractivity contribution < 1.29 is 18.0 Å². The molecule has 1 aliphatic carbocycles. The summed E-state index contributed by atoms with van der Waals surface area (Å²) in [4.78, 5) is 28.9. The lowest BCUT2D eigenvalue weighted by atomic mass is 10.1. The molecular formula is C31H34Cl3N3O4S. The van der Waals surface area contributed by atoms with Gasteiger partial charge in [-0.05, 0) is 81.6 Å². The van der Waals surface area contributed by atoms with Crippen molar-refractivity contribution in [3.63, 3.8) is 0 Å². The average molecular weight is 651 g/mol. The van der Waals surface area contributed by atoms with Crippen LogP contribution in [0, 0.1) is 13.8 Å². The topological polar surface area (TPSA) is 86.8 Å². The molecule has 0 saturated heterocycles. The maximum Gasteiger partial charge on any atom is 0.264 e. The zero-order valence-electron chi connectivity index (χ0n) is 23.7. The van der Waals surface area contributed by atoms with E-state index in [9.17, 15) is 18.0 Å². The molecule has 0 aromatic heterocycles. The molecule has 11 heteroatoms. The van der Waals surface area contributed by atoms with Crippen molar-refractivity contribution in [3.05, 3.63) is 92.4 Å². The third-order valence-corrected chi connectivity index (χ3v) is 10.3. The Hall–Kier alpha value is -2.78. The molecule has 4 rings (SSSR count). The first kappa shape index (κ1) is 32.1. The number of hydrogen-bond acceptors (Lipinski definition) is 4. The fourth-order valence-electron chi connectivity index (χ4n) is 5.08. The monoisotopic (exact) mass is 649 g/mol. The summed E-state index contributed by atoms with van der Waals surface area (Å²) in [5.74, 6) is -0.917. The summed E-state index contributed by atoms with van der Waals surface area (Å²) in [6, 6.07) is 15.3. The lowest BCUT2D eigenvalue weighted by molar-refractivity contribution is -0.139. The molecule has 0 aliphatic heterocycles. The first-order valence-corrected chi connectivity index (χ1v) is 16.3. The van der Waals surface area contributed by atoms with Crippen LogP contribution in [0.25, 0.3) is 0 Å². The van der Waals surface area contributed by atoms with Gasteiger partial charge >= 0.3 is 0 Å². The third-order valence-electron chi connectivity index (χ3n) is 7.57. The van der Waals surface area contributed by atoms with Crippen LogP contribution in [0.15, 0.2) is 65.6 Å². The number of amides is 2. The molecule has 3 aromatic carbocycles. The van der Waals surface area contributed by atoms with Crippen LogP contribution in [-0.4, -0.2) is 43.8 Å². The van der Waals surface area contributed by atoms with E-state index in [2.05, 4.69) is 5.32 Å². The molecule has 42 heavy (non-hydrogen) atoms. The Morgan fingerprint density at radius 3 is 2.17 bits per heavy atom. The van der Waals surface area contributed by atoms with Crippen molar-refractivity contribution in [3.8, 4) is 0 Å². The van der Waals surface area contributed by atoms with Gasteiger partial charge in [0.25, 0.3) is 10.0 Å². The first-order valence-electron chi connectivity index (χ1n) is 13.8. The lowest BCUT2D eigenvalue weighted by Gasteiger charge is -2.33. The molecule has 7 nitrogen and oxygen atoms in total. The fourth-order valence-corrected chi connectivity index (χ4v) is 7.30. The highest BCUT2D eigenvalue weighted by Crippen LogP contribution is 2.31. The summed E-state index contributed by atoms with van der Waals surface area (Å²) < 4.78 is 29.1. The highest BCUT2D eigenvalue weighted by molar-refractivity contribution is 7.92. The van der Waals surface area contributed by atoms with Crippen LogP contribution in [0.1, 0.15) is 49.3 Å². The van der Waals surface area contributed by atoms with Gasteiger partial charge in [0.05, 0.1) is 10.6 Å². The number of benzene rings is 3. The molecule has 0 radical (unpaired) electrons. The Labute approximate surface area is 262 Å². The van der Waals surface area contributed by atoms with E-state index in [1.165, 1.54) is 17.0 Å². The van der Waals surface area contributed by atoms with E-state index < -0.39 is 28.5 Å². The number of sulfonamides is 1. The lowest BCUT2D eigenvalue weighted by Crippen LogP contribution is -2.52. The first-order chi connectivity index (χ1) is 19.9. The van der Waals surface area contributed by atoms with Crippen LogP contribution < -0.4 is 9.62 Å². The number of nitrogens with zero attached hydrogens (tertiary/aromatic N) is 2. The van der Waals surface area contributed by atoms with Crippen molar-refractivity contribution in [2.24, 2.45) is 0 Å². The predicted octanol–water partition coefficient (Wildman–Crippen LogP) is 6.94. The molecule has 2 amide bonds. The van der Waals surface area contributed by atoms with Gasteiger partial charge in [-0.3, -0.25) is 13.9 Å². The second kappa shape index (κ2) is 13.7. The van der Waals surface area contributed by atoms with E-state index in [1.54, 1.807) is 62.4 Å². The van der Waals surface area contributed by atoms with Crippen LogP contribution in [0.4, 0.5) is 5.69 Å². The zero-order chi connectivity index (χ0) is 30.6. The van der Waals surface area contributed by atoms with Gasteiger partial charge in [0, 0.05) is 33.2 Å². The van der Waals surface area contributed by atoms with Gasteiger partial charge < -0.3 is 10.2 Å². The number of rotatable bonds is 10. The molecule has 0 spiro atoms. The summed E-state index contributed by atoms with van der Waals surface area (Å²) in [6.07, 6.45) is 3.81. The molecule has 1 saturated carbocycles. The quantitative estimate of drug-likeness (QED) is 0.258. The van der Waals surface area contributed by atoms with E-state index in [1.807, 2.05) is 6.92 Å². The molecule has 0 unspecified atom stereocenters. The molecular weight excluding hydrogens is 617 g/mol. The number of aryl methyl sites for hydroxylation is 2. The minimum absolute atomic E-state index is 0.0305. The Kier molecular flexibility index (Phi) is 10.5. The van der Waals surface area contributed by atoms with Crippen molar-refractivity contribution in [1.29, 1.82) is 0 Å². The minimum atomic E-state index is -4.20. The smallest absolute Gasteiger partial charge is 0.264 e. The van der Waals surface area contributed by atoms with E-state index >= 15 is 0 Å². The number of halogens is 3. The highest BCUT2D eigenvalue weighted by atomic mass is 35.5. The minimum Gasteiger partial charge on any atom is -0.352 e. The zero-order valence-corrected chi connectivity index (χ0v) is 26.8. The van der Waals surface area contributed by atoms with Gasteiger partial charge in [0.15, 0.2) is 0 Å². The number of nitrogens with one attached hydrogen (secondary N) is 1. The van der Waals surface area contributed by atoms with Gasteiger partial charge in [-0.25, -0.2) is 8.42 Å². The highest BCUT2D eigenvalue weighted by Gasteiger charge is 2.34. The molecule has 1 atom stereocenters. The summed E-state index contributed by atoms with van der Waals surface area (Å²) in [5.41, 5.74) is 2.22. The maximum atomic E-state index is 14.2. The van der Waals surface area contributed by atoms with Crippen LogP contribution in [0.3, 0.4) is 0 Å². The maximum absolute atomic E-state index is 14.2. The molecule has 1 aliphatic rings. The van der Waals surface area contributed by atoms with Crippen molar-refractivity contribution in [2.75, 3.05) is 10.8 Å². The average Bonchev–Trinajstić information content (AvgIpc) is 3.45. The number of carbonyl (C=O) groups excluding carboxylic acids is 2. The Morgan fingerprint density at radius 2 is 1.57 bits per heavy atom. The van der Waals surface area contributed by atoms with Crippen molar-refractivity contribution in [1.82, 2.24) is 10.2 Å². The van der Waals surface area contributed by atoms with Gasteiger partial charge in [0.1, 0.15) is 12.6 Å². The number of hydrogen-bond donors (Lipinski definition) is 1. The Bertz CT molecular complexity index is 1540. The van der Waals surface area contributed by atoms with E-state index in [0.29, 0.717) is 31.9 Å². The molecule has 0 heterocycles. The second-order valence-corrected chi connectivity index (χ2v) is 13.8. The van der Waals surface area contributed by atoms with Gasteiger partial charge in [-0.15, -0.1) is 0 Å². The molecule has 3 aromatic rings. The second-order valence-electron chi connectivity index (χ2n) is 10.6.